The summed E-state index contributed by atoms with van der Waals surface area (Å²) in [7, 11) is 3.40. The van der Waals surface area contributed by atoms with Crippen molar-refractivity contribution in [2.24, 2.45) is 4.99 Å². The van der Waals surface area contributed by atoms with E-state index in [4.69, 9.17) is 16.3 Å². The fourth-order valence-electron chi connectivity index (χ4n) is 2.82. The van der Waals surface area contributed by atoms with Gasteiger partial charge in [0.05, 0.1) is 17.7 Å². The molecule has 0 aliphatic rings. The van der Waals surface area contributed by atoms with E-state index >= 15 is 0 Å². The van der Waals surface area contributed by atoms with Crippen molar-refractivity contribution in [1.29, 1.82) is 0 Å². The Morgan fingerprint density at radius 1 is 1.03 bits per heavy atom. The van der Waals surface area contributed by atoms with E-state index in [0.29, 0.717) is 35.6 Å². The van der Waals surface area contributed by atoms with Crippen LogP contribution in [0.4, 0.5) is 0 Å². The van der Waals surface area contributed by atoms with Gasteiger partial charge in [0.1, 0.15) is 5.75 Å². The van der Waals surface area contributed by atoms with E-state index < -0.39 is 0 Å². The number of aliphatic imine (C=N–C) groups is 1. The van der Waals surface area contributed by atoms with Crippen LogP contribution >= 0.6 is 11.6 Å². The SMILES string of the molecule is CN=C(NCCNC(=O)c1ccccc1Cl)NCCC(C)c1ccc(OC)cc1. The van der Waals surface area contributed by atoms with Gasteiger partial charge in [0, 0.05) is 26.7 Å². The highest BCUT2D eigenvalue weighted by Gasteiger charge is 2.09. The second-order valence-electron chi connectivity index (χ2n) is 6.62. The van der Waals surface area contributed by atoms with E-state index in [1.807, 2.05) is 12.1 Å². The Hall–Kier alpha value is -2.73. The summed E-state index contributed by atoms with van der Waals surface area (Å²) in [5.74, 6) is 1.80. The Morgan fingerprint density at radius 3 is 2.34 bits per heavy atom. The van der Waals surface area contributed by atoms with Crippen LogP contribution in [0.3, 0.4) is 0 Å². The van der Waals surface area contributed by atoms with Gasteiger partial charge in [-0.1, -0.05) is 42.8 Å². The van der Waals surface area contributed by atoms with Crippen LogP contribution in [-0.4, -0.2) is 45.7 Å². The van der Waals surface area contributed by atoms with Gasteiger partial charge in [0.15, 0.2) is 5.96 Å². The average molecular weight is 417 g/mol. The van der Waals surface area contributed by atoms with Crippen molar-refractivity contribution < 1.29 is 9.53 Å². The van der Waals surface area contributed by atoms with E-state index in [9.17, 15) is 4.79 Å². The minimum absolute atomic E-state index is 0.186. The third kappa shape index (κ3) is 7.31. The van der Waals surface area contributed by atoms with Crippen LogP contribution in [0.1, 0.15) is 35.2 Å². The van der Waals surface area contributed by atoms with E-state index in [1.54, 1.807) is 38.4 Å². The van der Waals surface area contributed by atoms with Gasteiger partial charge in [-0.15, -0.1) is 0 Å². The van der Waals surface area contributed by atoms with Crippen LogP contribution in [0.25, 0.3) is 0 Å². The predicted octanol–water partition coefficient (Wildman–Crippen LogP) is 3.44. The van der Waals surface area contributed by atoms with Gasteiger partial charge in [-0.05, 0) is 42.2 Å². The molecule has 7 heteroatoms. The molecule has 6 nitrogen and oxygen atoms in total. The normalized spacial score (nSPS) is 12.2. The van der Waals surface area contributed by atoms with Crippen molar-refractivity contribution in [3.8, 4) is 5.75 Å². The number of ether oxygens (including phenoxy) is 1. The lowest BCUT2D eigenvalue weighted by atomic mass is 9.98. The van der Waals surface area contributed by atoms with Gasteiger partial charge >= 0.3 is 0 Å². The first-order valence-corrected chi connectivity index (χ1v) is 10.0. The lowest BCUT2D eigenvalue weighted by molar-refractivity contribution is 0.0954. The van der Waals surface area contributed by atoms with Crippen molar-refractivity contribution >= 4 is 23.5 Å². The number of halogens is 1. The zero-order valence-corrected chi connectivity index (χ0v) is 17.9. The highest BCUT2D eigenvalue weighted by molar-refractivity contribution is 6.33. The summed E-state index contributed by atoms with van der Waals surface area (Å²) in [4.78, 5) is 16.3. The number of methoxy groups -OCH3 is 1. The molecular weight excluding hydrogens is 388 g/mol. The van der Waals surface area contributed by atoms with Crippen LogP contribution in [0.15, 0.2) is 53.5 Å². The zero-order valence-electron chi connectivity index (χ0n) is 17.2. The molecule has 0 fully saturated rings. The highest BCUT2D eigenvalue weighted by atomic mass is 35.5. The van der Waals surface area contributed by atoms with E-state index in [-0.39, 0.29) is 5.91 Å². The lowest BCUT2D eigenvalue weighted by Crippen LogP contribution is -2.42. The number of nitrogens with one attached hydrogen (secondary N) is 3. The molecule has 0 aliphatic heterocycles. The zero-order chi connectivity index (χ0) is 21.1. The molecule has 0 saturated carbocycles. The lowest BCUT2D eigenvalue weighted by Gasteiger charge is -2.16. The monoisotopic (exact) mass is 416 g/mol. The van der Waals surface area contributed by atoms with Crippen LogP contribution in [0, 0.1) is 0 Å². The smallest absolute Gasteiger partial charge is 0.252 e. The molecule has 0 aromatic heterocycles. The summed E-state index contributed by atoms with van der Waals surface area (Å²) in [5.41, 5.74) is 1.75. The number of guanidine groups is 1. The molecule has 0 aliphatic carbocycles. The first kappa shape index (κ1) is 22.6. The maximum atomic E-state index is 12.1. The number of rotatable bonds is 9. The maximum absolute atomic E-state index is 12.1. The molecular formula is C22H29ClN4O2. The molecule has 0 spiro atoms. The fourth-order valence-corrected chi connectivity index (χ4v) is 3.05. The standard InChI is InChI=1S/C22H29ClN4O2/c1-16(17-8-10-18(29-3)11-9-17)12-13-26-22(24-2)27-15-14-25-21(28)19-6-4-5-7-20(19)23/h4-11,16H,12-15H2,1-3H3,(H,25,28)(H2,24,26,27). The number of amides is 1. The van der Waals surface area contributed by atoms with E-state index in [0.717, 1.165) is 18.7 Å². The Kier molecular flexibility index (Phi) is 9.31. The number of benzene rings is 2. The first-order chi connectivity index (χ1) is 14.0. The second-order valence-corrected chi connectivity index (χ2v) is 7.03. The summed E-state index contributed by atoms with van der Waals surface area (Å²) < 4.78 is 5.20. The molecule has 29 heavy (non-hydrogen) atoms. The Balaban J connectivity index is 1.67. The summed E-state index contributed by atoms with van der Waals surface area (Å²) in [6.07, 6.45) is 0.969. The number of carbonyl (C=O) groups is 1. The van der Waals surface area contributed by atoms with Gasteiger partial charge in [0.2, 0.25) is 0 Å². The number of carbonyl (C=O) groups excluding carboxylic acids is 1. The van der Waals surface area contributed by atoms with Gasteiger partial charge in [0.25, 0.3) is 5.91 Å². The van der Waals surface area contributed by atoms with Crippen LogP contribution in [0.5, 0.6) is 5.75 Å². The summed E-state index contributed by atoms with van der Waals surface area (Å²) in [5, 5.41) is 9.79. The third-order valence-corrected chi connectivity index (χ3v) is 4.93. The van der Waals surface area contributed by atoms with Crippen molar-refractivity contribution in [3.63, 3.8) is 0 Å². The summed E-state index contributed by atoms with van der Waals surface area (Å²) >= 11 is 6.04. The van der Waals surface area contributed by atoms with Gasteiger partial charge in [-0.3, -0.25) is 9.79 Å². The number of hydrogen-bond acceptors (Lipinski definition) is 3. The van der Waals surface area contributed by atoms with E-state index in [1.165, 1.54) is 5.56 Å². The average Bonchev–Trinajstić information content (AvgIpc) is 2.75. The first-order valence-electron chi connectivity index (χ1n) is 9.66. The van der Waals surface area contributed by atoms with E-state index in [2.05, 4.69) is 40.0 Å². The molecule has 2 aromatic carbocycles. The Morgan fingerprint density at radius 2 is 1.69 bits per heavy atom. The summed E-state index contributed by atoms with van der Waals surface area (Å²) in [6.45, 7) is 4.01. The Labute approximate surface area is 177 Å². The van der Waals surface area contributed by atoms with Gasteiger partial charge < -0.3 is 20.7 Å². The summed E-state index contributed by atoms with van der Waals surface area (Å²) in [6, 6.07) is 15.1. The van der Waals surface area contributed by atoms with Crippen LogP contribution in [0.2, 0.25) is 5.02 Å². The second kappa shape index (κ2) is 12.0. The van der Waals surface area contributed by atoms with Crippen molar-refractivity contribution in [2.45, 2.75) is 19.3 Å². The maximum Gasteiger partial charge on any atom is 0.252 e. The molecule has 1 atom stereocenters. The van der Waals surface area contributed by atoms with Crippen LogP contribution in [-0.2, 0) is 0 Å². The minimum atomic E-state index is -0.186. The highest BCUT2D eigenvalue weighted by Crippen LogP contribution is 2.21. The molecule has 2 aromatic rings. The van der Waals surface area contributed by atoms with Gasteiger partial charge in [-0.2, -0.15) is 0 Å². The quantitative estimate of drug-likeness (QED) is 0.332. The molecule has 0 radical (unpaired) electrons. The number of hydrogen-bond donors (Lipinski definition) is 3. The van der Waals surface area contributed by atoms with Gasteiger partial charge in [-0.25, -0.2) is 0 Å². The van der Waals surface area contributed by atoms with Crippen molar-refractivity contribution in [3.05, 3.63) is 64.7 Å². The minimum Gasteiger partial charge on any atom is -0.497 e. The number of nitrogens with zero attached hydrogens (tertiary/aromatic N) is 1. The Bertz CT molecular complexity index is 809. The predicted molar refractivity (Wildman–Crippen MR) is 119 cm³/mol. The topological polar surface area (TPSA) is 74.8 Å². The van der Waals surface area contributed by atoms with Crippen molar-refractivity contribution in [2.75, 3.05) is 33.8 Å². The molecule has 156 valence electrons. The molecule has 1 unspecified atom stereocenters. The largest absolute Gasteiger partial charge is 0.497 e. The van der Waals surface area contributed by atoms with Crippen molar-refractivity contribution in [1.82, 2.24) is 16.0 Å². The molecule has 0 bridgehead atoms. The van der Waals surface area contributed by atoms with Crippen LogP contribution < -0.4 is 20.7 Å². The fraction of sp³-hybridized carbons (Fsp3) is 0.364. The molecule has 0 heterocycles. The molecule has 0 saturated heterocycles. The molecule has 3 N–H and O–H groups in total. The molecule has 2 rings (SSSR count). The third-order valence-electron chi connectivity index (χ3n) is 4.60. The molecule has 1 amide bonds.